The predicted molar refractivity (Wildman–Crippen MR) is 64.1 cm³/mol. The molecule has 0 aliphatic carbocycles. The van der Waals surface area contributed by atoms with Crippen LogP contribution >= 0.6 is 0 Å². The summed E-state index contributed by atoms with van der Waals surface area (Å²) < 4.78 is 10.1. The Hall–Kier alpha value is -1.06. The first-order valence-corrected chi connectivity index (χ1v) is 6.14. The molecule has 0 aromatic rings. The second-order valence-electron chi connectivity index (χ2n) is 3.93. The molecule has 0 aromatic carbocycles. The smallest absolute Gasteiger partial charge is 0.309 e. The number of carbonyl (C=O) groups excluding carboxylic acids is 2. The molecule has 4 heteroatoms. The van der Waals surface area contributed by atoms with Crippen molar-refractivity contribution in [3.63, 3.8) is 0 Å². The quantitative estimate of drug-likeness (QED) is 0.613. The molecule has 0 N–H and O–H groups in total. The Labute approximate surface area is 104 Å². The van der Waals surface area contributed by atoms with Crippen molar-refractivity contribution < 1.29 is 19.1 Å². The molecule has 0 saturated heterocycles. The van der Waals surface area contributed by atoms with Gasteiger partial charge in [0.15, 0.2) is 0 Å². The maximum atomic E-state index is 11.4. The summed E-state index contributed by atoms with van der Waals surface area (Å²) in [6, 6.07) is 0. The summed E-state index contributed by atoms with van der Waals surface area (Å²) in [7, 11) is 0. The van der Waals surface area contributed by atoms with E-state index < -0.39 is 6.10 Å². The van der Waals surface area contributed by atoms with Crippen LogP contribution in [-0.2, 0) is 19.1 Å². The van der Waals surface area contributed by atoms with Crippen molar-refractivity contribution in [2.24, 2.45) is 5.92 Å². The summed E-state index contributed by atoms with van der Waals surface area (Å²) >= 11 is 0. The fourth-order valence-corrected chi connectivity index (χ4v) is 1.10. The van der Waals surface area contributed by atoms with Crippen molar-refractivity contribution in [2.45, 2.75) is 52.6 Å². The number of rotatable bonds is 8. The highest BCUT2D eigenvalue weighted by Crippen LogP contribution is 2.08. The van der Waals surface area contributed by atoms with Crippen molar-refractivity contribution in [2.75, 3.05) is 6.61 Å². The molecule has 4 nitrogen and oxygen atoms in total. The first-order valence-electron chi connectivity index (χ1n) is 6.14. The zero-order valence-electron chi connectivity index (χ0n) is 10.9. The Morgan fingerprint density at radius 2 is 1.76 bits per heavy atom. The van der Waals surface area contributed by atoms with Crippen LogP contribution in [0, 0.1) is 12.8 Å². The largest absolute Gasteiger partial charge is 0.465 e. The second kappa shape index (κ2) is 9.02. The van der Waals surface area contributed by atoms with E-state index in [1.165, 1.54) is 0 Å². The Bertz CT molecular complexity index is 238. The van der Waals surface area contributed by atoms with Crippen molar-refractivity contribution in [3.05, 3.63) is 6.92 Å². The Morgan fingerprint density at radius 1 is 1.12 bits per heavy atom. The molecule has 0 aromatic heterocycles. The lowest BCUT2D eigenvalue weighted by atomic mass is 10.1. The van der Waals surface area contributed by atoms with E-state index in [2.05, 4.69) is 0 Å². The van der Waals surface area contributed by atoms with E-state index in [4.69, 9.17) is 16.4 Å². The Balaban J connectivity index is 3.93. The summed E-state index contributed by atoms with van der Waals surface area (Å²) in [4.78, 5) is 22.5. The number of hydrogen-bond donors (Lipinski definition) is 0. The lowest BCUT2D eigenvalue weighted by molar-refractivity contribution is -0.155. The van der Waals surface area contributed by atoms with Gasteiger partial charge in [-0.05, 0) is 25.7 Å². The molecule has 0 aliphatic rings. The van der Waals surface area contributed by atoms with Crippen molar-refractivity contribution in [1.29, 1.82) is 0 Å². The third-order valence-corrected chi connectivity index (χ3v) is 2.42. The average Bonchev–Trinajstić information content (AvgIpc) is 2.34. The highest BCUT2D eigenvalue weighted by molar-refractivity contribution is 5.72. The van der Waals surface area contributed by atoms with Gasteiger partial charge in [-0.3, -0.25) is 9.59 Å². The third-order valence-electron chi connectivity index (χ3n) is 2.42. The summed E-state index contributed by atoms with van der Waals surface area (Å²) in [5, 5.41) is 0. The fourth-order valence-electron chi connectivity index (χ4n) is 1.10. The second-order valence-corrected chi connectivity index (χ2v) is 3.93. The van der Waals surface area contributed by atoms with Crippen LogP contribution < -0.4 is 0 Å². The fraction of sp³-hybridized carbons (Fsp3) is 0.769. The minimum atomic E-state index is -0.396. The highest BCUT2D eigenvalue weighted by atomic mass is 16.6. The molecule has 17 heavy (non-hydrogen) atoms. The van der Waals surface area contributed by atoms with Gasteiger partial charge in [-0.1, -0.05) is 20.8 Å². The topological polar surface area (TPSA) is 52.6 Å². The summed E-state index contributed by atoms with van der Waals surface area (Å²) in [6.07, 6.45) is 1.37. The van der Waals surface area contributed by atoms with Gasteiger partial charge in [0.25, 0.3) is 0 Å². The SMILES string of the molecule is [CH]C(CC)COC(=O)CC(CC)OC(=O)CC. The Kier molecular flexibility index (Phi) is 8.46. The molecule has 2 radical (unpaired) electrons. The molecule has 0 heterocycles. The lowest BCUT2D eigenvalue weighted by Crippen LogP contribution is -2.22. The van der Waals surface area contributed by atoms with Gasteiger partial charge in [0.05, 0.1) is 13.0 Å². The van der Waals surface area contributed by atoms with Crippen molar-refractivity contribution in [1.82, 2.24) is 0 Å². The molecule has 0 spiro atoms. The Morgan fingerprint density at radius 3 is 2.24 bits per heavy atom. The highest BCUT2D eigenvalue weighted by Gasteiger charge is 2.17. The maximum absolute atomic E-state index is 11.4. The van der Waals surface area contributed by atoms with Gasteiger partial charge in [-0.2, -0.15) is 0 Å². The molecule has 0 fully saturated rings. The molecular formula is C13H22O4. The number of esters is 2. The molecule has 0 aliphatic heterocycles. The molecule has 0 amide bonds. The molecule has 98 valence electrons. The van der Waals surface area contributed by atoms with E-state index >= 15 is 0 Å². The van der Waals surface area contributed by atoms with Gasteiger partial charge in [-0.25, -0.2) is 0 Å². The van der Waals surface area contributed by atoms with Crippen LogP contribution in [0.15, 0.2) is 0 Å². The zero-order chi connectivity index (χ0) is 13.3. The van der Waals surface area contributed by atoms with E-state index in [0.29, 0.717) is 12.8 Å². The van der Waals surface area contributed by atoms with E-state index in [-0.39, 0.29) is 30.9 Å². The molecule has 0 rings (SSSR count). The van der Waals surface area contributed by atoms with E-state index in [0.717, 1.165) is 6.42 Å². The first kappa shape index (κ1) is 15.9. The zero-order valence-corrected chi connectivity index (χ0v) is 10.9. The van der Waals surface area contributed by atoms with Gasteiger partial charge in [0.1, 0.15) is 6.10 Å². The van der Waals surface area contributed by atoms with E-state index in [9.17, 15) is 9.59 Å². The van der Waals surface area contributed by atoms with Gasteiger partial charge < -0.3 is 9.47 Å². The molecule has 0 bridgehead atoms. The van der Waals surface area contributed by atoms with Gasteiger partial charge in [-0.15, -0.1) is 0 Å². The third kappa shape index (κ3) is 7.77. The number of ether oxygens (including phenoxy) is 2. The minimum absolute atomic E-state index is 0.0959. The lowest BCUT2D eigenvalue weighted by Gasteiger charge is -2.16. The summed E-state index contributed by atoms with van der Waals surface area (Å²) in [5.74, 6) is -0.795. The molecule has 0 saturated carbocycles. The van der Waals surface area contributed by atoms with Gasteiger partial charge in [0.2, 0.25) is 0 Å². The number of carbonyl (C=O) groups is 2. The van der Waals surface area contributed by atoms with E-state index in [1.54, 1.807) is 6.92 Å². The number of hydrogen-bond acceptors (Lipinski definition) is 4. The summed E-state index contributed by atoms with van der Waals surface area (Å²) in [6.45, 7) is 11.3. The van der Waals surface area contributed by atoms with Crippen LogP contribution in [0.2, 0.25) is 0 Å². The average molecular weight is 242 g/mol. The predicted octanol–water partition coefficient (Wildman–Crippen LogP) is 2.39. The van der Waals surface area contributed by atoms with Gasteiger partial charge >= 0.3 is 11.9 Å². The van der Waals surface area contributed by atoms with Crippen LogP contribution in [0.4, 0.5) is 0 Å². The van der Waals surface area contributed by atoms with Crippen LogP contribution in [0.3, 0.4) is 0 Å². The van der Waals surface area contributed by atoms with Crippen LogP contribution in [-0.4, -0.2) is 24.6 Å². The standard InChI is InChI=1S/C13H22O4/c1-5-10(4)9-16-13(15)8-11(6-2)17-12(14)7-3/h4,10-11H,5-9H2,1-3H3. The van der Waals surface area contributed by atoms with Crippen LogP contribution in [0.25, 0.3) is 0 Å². The first-order chi connectivity index (χ1) is 8.03. The minimum Gasteiger partial charge on any atom is -0.465 e. The van der Waals surface area contributed by atoms with Crippen LogP contribution in [0.5, 0.6) is 0 Å². The van der Waals surface area contributed by atoms with Crippen molar-refractivity contribution in [3.8, 4) is 0 Å². The van der Waals surface area contributed by atoms with Gasteiger partial charge in [0, 0.05) is 6.42 Å². The maximum Gasteiger partial charge on any atom is 0.309 e. The monoisotopic (exact) mass is 242 g/mol. The molecule has 2 unspecified atom stereocenters. The normalized spacial score (nSPS) is 13.9. The van der Waals surface area contributed by atoms with E-state index in [1.807, 2.05) is 13.8 Å². The van der Waals surface area contributed by atoms with Crippen molar-refractivity contribution >= 4 is 11.9 Å². The molecule has 2 atom stereocenters. The van der Waals surface area contributed by atoms with Crippen LogP contribution in [0.1, 0.15) is 46.5 Å². The molecular weight excluding hydrogens is 220 g/mol. The summed E-state index contributed by atoms with van der Waals surface area (Å²) in [5.41, 5.74) is 0.